The van der Waals surface area contributed by atoms with E-state index in [0.717, 1.165) is 24.3 Å². The Morgan fingerprint density at radius 1 is 1.14 bits per heavy atom. The van der Waals surface area contributed by atoms with Crippen molar-refractivity contribution < 1.29 is 0 Å². The van der Waals surface area contributed by atoms with Crippen molar-refractivity contribution >= 4 is 10.9 Å². The van der Waals surface area contributed by atoms with Crippen LogP contribution in [-0.4, -0.2) is 14.5 Å². The maximum Gasteiger partial charge on any atom is 0.106 e. The molecule has 0 fully saturated rings. The fourth-order valence-corrected chi connectivity index (χ4v) is 3.35. The highest BCUT2D eigenvalue weighted by Crippen LogP contribution is 2.23. The van der Waals surface area contributed by atoms with E-state index in [4.69, 9.17) is 4.98 Å². The number of pyridine rings is 1. The molecule has 3 heteroatoms. The van der Waals surface area contributed by atoms with E-state index < -0.39 is 0 Å². The van der Waals surface area contributed by atoms with Gasteiger partial charge in [0.25, 0.3) is 0 Å². The largest absolute Gasteiger partial charge is 0.328 e. The Balaban J connectivity index is 1.73. The van der Waals surface area contributed by atoms with E-state index in [9.17, 15) is 0 Å². The molecule has 0 bridgehead atoms. The zero-order valence-electron chi connectivity index (χ0n) is 12.3. The summed E-state index contributed by atoms with van der Waals surface area (Å²) in [5, 5.41) is 1.21. The van der Waals surface area contributed by atoms with Crippen LogP contribution in [-0.2, 0) is 19.4 Å². The van der Waals surface area contributed by atoms with Crippen molar-refractivity contribution in [1.29, 1.82) is 0 Å². The molecule has 0 radical (unpaired) electrons. The lowest BCUT2D eigenvalue weighted by Crippen LogP contribution is -2.10. The van der Waals surface area contributed by atoms with Crippen LogP contribution in [0, 0.1) is 6.92 Å². The normalized spacial score (nSPS) is 14.3. The summed E-state index contributed by atoms with van der Waals surface area (Å²) in [4.78, 5) is 9.15. The Bertz CT molecular complexity index is 801. The summed E-state index contributed by atoms with van der Waals surface area (Å²) >= 11 is 0. The van der Waals surface area contributed by atoms with Crippen molar-refractivity contribution in [2.45, 2.75) is 39.2 Å². The molecule has 0 N–H and O–H groups in total. The summed E-state index contributed by atoms with van der Waals surface area (Å²) in [5.74, 6) is 1.15. The summed E-state index contributed by atoms with van der Waals surface area (Å²) in [6.07, 6.45) is 6.74. The number of benzene rings is 1. The summed E-state index contributed by atoms with van der Waals surface area (Å²) in [6, 6.07) is 10.7. The minimum Gasteiger partial charge on any atom is -0.328 e. The SMILES string of the molecule is Cc1nc2c(n1Cc1ccc3ncccc3c1)CCCC2. The Morgan fingerprint density at radius 2 is 2.05 bits per heavy atom. The van der Waals surface area contributed by atoms with Gasteiger partial charge in [-0.25, -0.2) is 4.98 Å². The molecule has 1 aliphatic carbocycles. The molecule has 0 saturated carbocycles. The van der Waals surface area contributed by atoms with Gasteiger partial charge in [0.2, 0.25) is 0 Å². The number of fused-ring (bicyclic) bond motifs is 2. The average molecular weight is 277 g/mol. The van der Waals surface area contributed by atoms with E-state index in [1.54, 1.807) is 0 Å². The molecule has 0 atom stereocenters. The van der Waals surface area contributed by atoms with Gasteiger partial charge in [-0.1, -0.05) is 12.1 Å². The van der Waals surface area contributed by atoms with Gasteiger partial charge in [-0.3, -0.25) is 4.98 Å². The zero-order valence-corrected chi connectivity index (χ0v) is 12.3. The quantitative estimate of drug-likeness (QED) is 0.715. The molecule has 0 spiro atoms. The van der Waals surface area contributed by atoms with Crippen LogP contribution in [0.3, 0.4) is 0 Å². The van der Waals surface area contributed by atoms with Crippen molar-refractivity contribution in [2.75, 3.05) is 0 Å². The summed E-state index contributed by atoms with van der Waals surface area (Å²) in [6.45, 7) is 3.04. The molecule has 21 heavy (non-hydrogen) atoms. The number of nitrogens with zero attached hydrogens (tertiary/aromatic N) is 3. The van der Waals surface area contributed by atoms with Gasteiger partial charge in [-0.05, 0) is 56.4 Å². The standard InChI is InChI=1S/C18H19N3/c1-13-20-17-6-2-3-7-18(17)21(13)12-14-8-9-16-15(11-14)5-4-10-19-16/h4-5,8-11H,2-3,6-7,12H2,1H3. The number of hydrogen-bond acceptors (Lipinski definition) is 2. The summed E-state index contributed by atoms with van der Waals surface area (Å²) in [7, 11) is 0. The van der Waals surface area contributed by atoms with Gasteiger partial charge in [0, 0.05) is 23.8 Å². The summed E-state index contributed by atoms with van der Waals surface area (Å²) in [5.41, 5.74) is 5.15. The van der Waals surface area contributed by atoms with Crippen LogP contribution in [0.2, 0.25) is 0 Å². The average Bonchev–Trinajstić information content (AvgIpc) is 2.83. The first kappa shape index (κ1) is 12.6. The van der Waals surface area contributed by atoms with Crippen LogP contribution in [0.4, 0.5) is 0 Å². The molecule has 0 aliphatic heterocycles. The van der Waals surface area contributed by atoms with Gasteiger partial charge in [-0.2, -0.15) is 0 Å². The van der Waals surface area contributed by atoms with Gasteiger partial charge in [-0.15, -0.1) is 0 Å². The lowest BCUT2D eigenvalue weighted by atomic mass is 10.0. The smallest absolute Gasteiger partial charge is 0.106 e. The fraction of sp³-hybridized carbons (Fsp3) is 0.333. The molecule has 3 aromatic rings. The minimum absolute atomic E-state index is 0.916. The van der Waals surface area contributed by atoms with Crippen molar-refractivity contribution in [3.05, 3.63) is 59.3 Å². The van der Waals surface area contributed by atoms with Crippen LogP contribution in [0.5, 0.6) is 0 Å². The van der Waals surface area contributed by atoms with Crippen LogP contribution in [0.1, 0.15) is 35.6 Å². The maximum absolute atomic E-state index is 4.76. The lowest BCUT2D eigenvalue weighted by molar-refractivity contribution is 0.624. The fourth-order valence-electron chi connectivity index (χ4n) is 3.35. The predicted octanol–water partition coefficient (Wildman–Crippen LogP) is 3.67. The minimum atomic E-state index is 0.916. The highest BCUT2D eigenvalue weighted by molar-refractivity contribution is 5.78. The van der Waals surface area contributed by atoms with E-state index in [1.807, 2.05) is 12.3 Å². The van der Waals surface area contributed by atoms with Crippen LogP contribution >= 0.6 is 0 Å². The van der Waals surface area contributed by atoms with Gasteiger partial charge < -0.3 is 4.57 Å². The van der Waals surface area contributed by atoms with Gasteiger partial charge >= 0.3 is 0 Å². The maximum atomic E-state index is 4.76. The van der Waals surface area contributed by atoms with Gasteiger partial charge in [0.15, 0.2) is 0 Å². The second-order valence-corrected chi connectivity index (χ2v) is 5.88. The van der Waals surface area contributed by atoms with E-state index >= 15 is 0 Å². The van der Waals surface area contributed by atoms with Crippen molar-refractivity contribution in [3.63, 3.8) is 0 Å². The number of rotatable bonds is 2. The Hall–Kier alpha value is -2.16. The molecule has 0 amide bonds. The molecule has 0 unspecified atom stereocenters. The Labute approximate surface area is 124 Å². The van der Waals surface area contributed by atoms with Crippen LogP contribution in [0.25, 0.3) is 10.9 Å². The second-order valence-electron chi connectivity index (χ2n) is 5.88. The van der Waals surface area contributed by atoms with E-state index in [2.05, 4.69) is 40.7 Å². The molecule has 0 saturated heterocycles. The highest BCUT2D eigenvalue weighted by Gasteiger charge is 2.17. The number of hydrogen-bond donors (Lipinski definition) is 0. The third-order valence-electron chi connectivity index (χ3n) is 4.43. The lowest BCUT2D eigenvalue weighted by Gasteiger charge is -2.15. The predicted molar refractivity (Wildman–Crippen MR) is 84.5 cm³/mol. The van der Waals surface area contributed by atoms with E-state index in [1.165, 1.54) is 41.6 Å². The second kappa shape index (κ2) is 4.99. The van der Waals surface area contributed by atoms with E-state index in [-0.39, 0.29) is 0 Å². The van der Waals surface area contributed by atoms with Gasteiger partial charge in [0.05, 0.1) is 11.2 Å². The Kier molecular flexibility index (Phi) is 2.99. The molecule has 2 aromatic heterocycles. The van der Waals surface area contributed by atoms with Crippen molar-refractivity contribution in [1.82, 2.24) is 14.5 Å². The number of imidazole rings is 1. The molecule has 1 aliphatic rings. The molecule has 106 valence electrons. The topological polar surface area (TPSA) is 30.7 Å². The van der Waals surface area contributed by atoms with Crippen LogP contribution < -0.4 is 0 Å². The molecule has 2 heterocycles. The molecular weight excluding hydrogens is 258 g/mol. The first-order valence-electron chi connectivity index (χ1n) is 7.70. The third-order valence-corrected chi connectivity index (χ3v) is 4.43. The zero-order chi connectivity index (χ0) is 14.2. The van der Waals surface area contributed by atoms with Crippen LogP contribution in [0.15, 0.2) is 36.5 Å². The number of aryl methyl sites for hydroxylation is 2. The monoisotopic (exact) mass is 277 g/mol. The molecule has 3 nitrogen and oxygen atoms in total. The molecular formula is C18H19N3. The van der Waals surface area contributed by atoms with Crippen molar-refractivity contribution in [2.24, 2.45) is 0 Å². The number of aromatic nitrogens is 3. The van der Waals surface area contributed by atoms with Gasteiger partial charge in [0.1, 0.15) is 5.82 Å². The first-order valence-corrected chi connectivity index (χ1v) is 7.70. The highest BCUT2D eigenvalue weighted by atomic mass is 15.1. The third kappa shape index (κ3) is 2.23. The molecule has 1 aromatic carbocycles. The Morgan fingerprint density at radius 3 is 3.00 bits per heavy atom. The van der Waals surface area contributed by atoms with E-state index in [0.29, 0.717) is 0 Å². The van der Waals surface area contributed by atoms with Crippen molar-refractivity contribution in [3.8, 4) is 0 Å². The first-order chi connectivity index (χ1) is 10.3. The molecule has 4 rings (SSSR count). The summed E-state index contributed by atoms with van der Waals surface area (Å²) < 4.78 is 2.39.